The molecule has 2 aliphatic heterocycles. The molecule has 35 heavy (non-hydrogen) atoms. The van der Waals surface area contributed by atoms with Crippen LogP contribution in [-0.4, -0.2) is 55.9 Å². The number of fused-ring (bicyclic) bond motifs is 2. The molecule has 6 heteroatoms. The molecule has 0 radical (unpaired) electrons. The van der Waals surface area contributed by atoms with E-state index in [2.05, 4.69) is 42.3 Å². The van der Waals surface area contributed by atoms with Crippen molar-refractivity contribution in [2.75, 3.05) is 27.3 Å². The average molecular weight is 475 g/mol. The zero-order chi connectivity index (χ0) is 24.0. The van der Waals surface area contributed by atoms with E-state index < -0.39 is 11.5 Å². The van der Waals surface area contributed by atoms with E-state index in [1.165, 1.54) is 16.7 Å². The molecule has 2 spiro atoms. The van der Waals surface area contributed by atoms with E-state index in [1.54, 1.807) is 0 Å². The van der Waals surface area contributed by atoms with Crippen LogP contribution < -0.4 is 10.5 Å². The van der Waals surface area contributed by atoms with Crippen molar-refractivity contribution in [3.8, 4) is 5.75 Å². The van der Waals surface area contributed by atoms with Crippen LogP contribution in [0.3, 0.4) is 0 Å². The van der Waals surface area contributed by atoms with Gasteiger partial charge in [-0.15, -0.1) is 0 Å². The summed E-state index contributed by atoms with van der Waals surface area (Å²) < 4.78 is 19.8. The smallest absolute Gasteiger partial charge is 0.252 e. The first-order valence-electron chi connectivity index (χ1n) is 13.0. The molecule has 3 saturated carbocycles. The number of nitrogens with two attached hydrogens (primary N) is 1. The summed E-state index contributed by atoms with van der Waals surface area (Å²) in [4.78, 5) is 15.0. The third kappa shape index (κ3) is 2.53. The number of piperidine rings is 1. The second-order valence-corrected chi connectivity index (χ2v) is 11.5. The monoisotopic (exact) mass is 474 g/mol. The predicted molar refractivity (Wildman–Crippen MR) is 131 cm³/mol. The van der Waals surface area contributed by atoms with Gasteiger partial charge < -0.3 is 24.8 Å². The third-order valence-corrected chi connectivity index (χ3v) is 10.5. The molecule has 0 aromatic heterocycles. The molecule has 4 bridgehead atoms. The SMILES string of the molecule is COC12CCC3(CC1COCc1ccccc1)C1Cc4ccc(C(N)=O)c5c4C3(CCN1C)C2O5. The van der Waals surface area contributed by atoms with Gasteiger partial charge in [-0.1, -0.05) is 36.4 Å². The summed E-state index contributed by atoms with van der Waals surface area (Å²) in [5, 5.41) is 0. The molecule has 6 atom stereocenters. The quantitative estimate of drug-likeness (QED) is 0.694. The van der Waals surface area contributed by atoms with Gasteiger partial charge in [0.15, 0.2) is 0 Å². The summed E-state index contributed by atoms with van der Waals surface area (Å²) >= 11 is 0. The standard InChI is InChI=1S/C29H34N2O4/c1-31-13-12-28-23-19-8-9-21(25(30)32)24(23)35-26(28)29(33-2)11-10-27(28,22(31)14-19)15-20(29)17-34-16-18-6-4-3-5-7-18/h3-9,20,22,26H,10-17H2,1-2H3,(H2,30,32). The molecule has 4 fully saturated rings. The molecule has 1 saturated heterocycles. The van der Waals surface area contributed by atoms with Crippen LogP contribution in [0.4, 0.5) is 0 Å². The number of methoxy groups -OCH3 is 1. The number of likely N-dealkylation sites (tertiary alicyclic amines) is 1. The molecule has 6 aliphatic rings. The Bertz CT molecular complexity index is 1200. The second kappa shape index (κ2) is 7.31. The molecule has 184 valence electrons. The van der Waals surface area contributed by atoms with E-state index in [9.17, 15) is 4.79 Å². The molecule has 2 heterocycles. The lowest BCUT2D eigenvalue weighted by Gasteiger charge is -2.73. The van der Waals surface area contributed by atoms with Crippen molar-refractivity contribution in [3.63, 3.8) is 0 Å². The number of primary amides is 1. The summed E-state index contributed by atoms with van der Waals surface area (Å²) in [7, 11) is 4.13. The molecular formula is C29H34N2O4. The fraction of sp³-hybridized carbons (Fsp3) is 0.552. The van der Waals surface area contributed by atoms with Gasteiger partial charge in [-0.3, -0.25) is 4.79 Å². The van der Waals surface area contributed by atoms with Crippen LogP contribution in [0.25, 0.3) is 0 Å². The molecule has 6 unspecified atom stereocenters. The number of rotatable bonds is 6. The Kier molecular flexibility index (Phi) is 4.56. The van der Waals surface area contributed by atoms with Crippen molar-refractivity contribution in [1.82, 2.24) is 4.90 Å². The predicted octanol–water partition coefficient (Wildman–Crippen LogP) is 3.45. The van der Waals surface area contributed by atoms with Crippen LogP contribution in [0.5, 0.6) is 5.75 Å². The summed E-state index contributed by atoms with van der Waals surface area (Å²) in [5.41, 5.74) is 9.65. The molecule has 2 aromatic carbocycles. The number of amides is 1. The number of ether oxygens (including phenoxy) is 3. The highest BCUT2D eigenvalue weighted by Crippen LogP contribution is 2.76. The number of nitrogens with zero attached hydrogens (tertiary/aromatic N) is 1. The fourth-order valence-corrected chi connectivity index (χ4v) is 9.13. The van der Waals surface area contributed by atoms with Gasteiger partial charge in [0.05, 0.1) is 18.8 Å². The number of carbonyl (C=O) groups excluding carboxylic acids is 1. The summed E-state index contributed by atoms with van der Waals surface area (Å²) in [6.45, 7) is 2.27. The highest BCUT2D eigenvalue weighted by molar-refractivity contribution is 5.97. The van der Waals surface area contributed by atoms with Crippen LogP contribution in [0.2, 0.25) is 0 Å². The van der Waals surface area contributed by atoms with Gasteiger partial charge in [-0.25, -0.2) is 0 Å². The molecule has 1 amide bonds. The first-order valence-corrected chi connectivity index (χ1v) is 13.0. The van der Waals surface area contributed by atoms with E-state index >= 15 is 0 Å². The highest BCUT2D eigenvalue weighted by atomic mass is 16.6. The number of hydrogen-bond acceptors (Lipinski definition) is 5. The lowest BCUT2D eigenvalue weighted by molar-refractivity contribution is -0.282. The third-order valence-electron chi connectivity index (χ3n) is 10.5. The van der Waals surface area contributed by atoms with Crippen molar-refractivity contribution >= 4 is 5.91 Å². The number of likely N-dealkylation sites (N-methyl/N-ethyl adjacent to an activating group) is 1. The van der Waals surface area contributed by atoms with Crippen molar-refractivity contribution in [1.29, 1.82) is 0 Å². The Morgan fingerprint density at radius 3 is 2.77 bits per heavy atom. The maximum absolute atomic E-state index is 12.4. The van der Waals surface area contributed by atoms with Crippen molar-refractivity contribution in [2.24, 2.45) is 17.1 Å². The Morgan fingerprint density at radius 2 is 2.00 bits per heavy atom. The summed E-state index contributed by atoms with van der Waals surface area (Å²) in [6.07, 6.45) is 5.02. The Labute approximate surface area is 206 Å². The van der Waals surface area contributed by atoms with Gasteiger partial charge in [-0.2, -0.15) is 0 Å². The molecular weight excluding hydrogens is 440 g/mol. The van der Waals surface area contributed by atoms with Crippen molar-refractivity contribution in [3.05, 3.63) is 64.7 Å². The highest BCUT2D eigenvalue weighted by Gasteiger charge is 2.80. The Morgan fingerprint density at radius 1 is 1.17 bits per heavy atom. The minimum absolute atomic E-state index is 0.0836. The Balaban J connectivity index is 1.34. The molecule has 2 aromatic rings. The Hall–Kier alpha value is -2.41. The second-order valence-electron chi connectivity index (χ2n) is 11.5. The van der Waals surface area contributed by atoms with E-state index in [0.29, 0.717) is 24.8 Å². The number of hydrogen-bond donors (Lipinski definition) is 1. The van der Waals surface area contributed by atoms with Crippen LogP contribution >= 0.6 is 0 Å². The van der Waals surface area contributed by atoms with Gasteiger partial charge in [0, 0.05) is 35.5 Å². The van der Waals surface area contributed by atoms with E-state index in [4.69, 9.17) is 19.9 Å². The van der Waals surface area contributed by atoms with Crippen LogP contribution in [0.15, 0.2) is 42.5 Å². The van der Waals surface area contributed by atoms with Gasteiger partial charge in [-0.05, 0) is 62.9 Å². The van der Waals surface area contributed by atoms with Gasteiger partial charge in [0.2, 0.25) is 0 Å². The van der Waals surface area contributed by atoms with Crippen molar-refractivity contribution in [2.45, 2.75) is 61.9 Å². The van der Waals surface area contributed by atoms with Crippen LogP contribution in [0.1, 0.15) is 52.7 Å². The zero-order valence-electron chi connectivity index (χ0n) is 20.6. The average Bonchev–Trinajstić information content (AvgIpc) is 3.23. The number of benzene rings is 2. The lowest BCUT2D eigenvalue weighted by Crippen LogP contribution is -2.81. The first-order chi connectivity index (χ1) is 17.0. The molecule has 2 N–H and O–H groups in total. The maximum atomic E-state index is 12.4. The van der Waals surface area contributed by atoms with E-state index in [0.717, 1.165) is 44.4 Å². The minimum Gasteiger partial charge on any atom is -0.485 e. The number of carbonyl (C=O) groups is 1. The van der Waals surface area contributed by atoms with E-state index in [-0.39, 0.29) is 22.9 Å². The lowest BCUT2D eigenvalue weighted by atomic mass is 9.35. The van der Waals surface area contributed by atoms with E-state index in [1.807, 2.05) is 19.2 Å². The van der Waals surface area contributed by atoms with Gasteiger partial charge >= 0.3 is 0 Å². The first kappa shape index (κ1) is 21.8. The molecule has 8 rings (SSSR count). The van der Waals surface area contributed by atoms with Gasteiger partial charge in [0.25, 0.3) is 5.91 Å². The molecule has 6 nitrogen and oxygen atoms in total. The van der Waals surface area contributed by atoms with Crippen LogP contribution in [-0.2, 0) is 27.9 Å². The van der Waals surface area contributed by atoms with Crippen LogP contribution in [0, 0.1) is 11.3 Å². The largest absolute Gasteiger partial charge is 0.485 e. The normalized spacial score (nSPS) is 38.2. The summed E-state index contributed by atoms with van der Waals surface area (Å²) in [5.74, 6) is 0.551. The van der Waals surface area contributed by atoms with Gasteiger partial charge in [0.1, 0.15) is 17.5 Å². The fourth-order valence-electron chi connectivity index (χ4n) is 9.13. The summed E-state index contributed by atoms with van der Waals surface area (Å²) in [6, 6.07) is 14.8. The minimum atomic E-state index is -0.443. The molecule has 4 aliphatic carbocycles. The topological polar surface area (TPSA) is 74.0 Å². The van der Waals surface area contributed by atoms with Crippen molar-refractivity contribution < 1.29 is 19.0 Å². The maximum Gasteiger partial charge on any atom is 0.252 e. The zero-order valence-corrected chi connectivity index (χ0v) is 20.6.